The summed E-state index contributed by atoms with van der Waals surface area (Å²) in [6.45, 7) is 3.21. The Kier molecular flexibility index (Phi) is 5.64. The summed E-state index contributed by atoms with van der Waals surface area (Å²) in [6.07, 6.45) is -2.49. The van der Waals surface area contributed by atoms with E-state index in [4.69, 9.17) is 0 Å². The molecule has 1 heterocycles. The van der Waals surface area contributed by atoms with Crippen LogP contribution in [0.4, 0.5) is 18.9 Å². The van der Waals surface area contributed by atoms with Gasteiger partial charge in [0.05, 0.1) is 17.3 Å². The highest BCUT2D eigenvalue weighted by Crippen LogP contribution is 2.34. The van der Waals surface area contributed by atoms with E-state index in [1.165, 1.54) is 18.2 Å². The van der Waals surface area contributed by atoms with E-state index in [0.29, 0.717) is 12.6 Å². The Balaban J connectivity index is 2.07. The molecule has 4 nitrogen and oxygen atoms in total. The number of carbonyl (C=O) groups excluding carboxylic acids is 1. The largest absolute Gasteiger partial charge is 0.418 e. The van der Waals surface area contributed by atoms with Gasteiger partial charge in [-0.3, -0.25) is 9.69 Å². The topological polar surface area (TPSA) is 44.4 Å². The first kappa shape index (κ1) is 17.7. The van der Waals surface area contributed by atoms with Crippen molar-refractivity contribution in [2.45, 2.75) is 38.0 Å². The van der Waals surface area contributed by atoms with Crippen LogP contribution in [0.5, 0.6) is 0 Å². The van der Waals surface area contributed by atoms with Gasteiger partial charge in [0.2, 0.25) is 5.91 Å². The van der Waals surface area contributed by atoms with Crippen molar-refractivity contribution in [2.75, 3.05) is 25.5 Å². The third kappa shape index (κ3) is 4.45. The number of anilines is 1. The fraction of sp³-hybridized carbons (Fsp3) is 0.562. The van der Waals surface area contributed by atoms with Crippen LogP contribution in [-0.2, 0) is 11.0 Å². The third-order valence-electron chi connectivity index (χ3n) is 4.28. The summed E-state index contributed by atoms with van der Waals surface area (Å²) in [5, 5.41) is 5.61. The average Bonchev–Trinajstić information content (AvgIpc) is 2.53. The van der Waals surface area contributed by atoms with Crippen molar-refractivity contribution in [2.24, 2.45) is 0 Å². The number of nitrogens with one attached hydrogen (secondary N) is 2. The van der Waals surface area contributed by atoms with Crippen LogP contribution in [0, 0.1) is 0 Å². The van der Waals surface area contributed by atoms with Gasteiger partial charge in [-0.1, -0.05) is 12.1 Å². The maximum Gasteiger partial charge on any atom is 0.418 e. The van der Waals surface area contributed by atoms with Gasteiger partial charge in [0.1, 0.15) is 0 Å². The molecule has 2 unspecified atom stereocenters. The number of piperidine rings is 1. The van der Waals surface area contributed by atoms with Gasteiger partial charge in [0.25, 0.3) is 0 Å². The minimum absolute atomic E-state index is 0.195. The van der Waals surface area contributed by atoms with E-state index >= 15 is 0 Å². The summed E-state index contributed by atoms with van der Waals surface area (Å²) in [6, 6.07) is 4.87. The summed E-state index contributed by atoms with van der Waals surface area (Å²) in [5.41, 5.74) is -1.02. The van der Waals surface area contributed by atoms with E-state index in [-0.39, 0.29) is 5.69 Å². The summed E-state index contributed by atoms with van der Waals surface area (Å²) < 4.78 is 38.9. The van der Waals surface area contributed by atoms with Gasteiger partial charge in [-0.25, -0.2) is 0 Å². The molecule has 1 aliphatic rings. The first-order chi connectivity index (χ1) is 10.8. The van der Waals surface area contributed by atoms with Gasteiger partial charge in [-0.05, 0) is 45.5 Å². The van der Waals surface area contributed by atoms with Crippen LogP contribution in [-0.4, -0.2) is 43.0 Å². The molecule has 0 bridgehead atoms. The summed E-state index contributed by atoms with van der Waals surface area (Å²) in [4.78, 5) is 14.3. The highest BCUT2D eigenvalue weighted by molar-refractivity contribution is 5.95. The van der Waals surface area contributed by atoms with E-state index in [2.05, 4.69) is 10.6 Å². The maximum atomic E-state index is 13.0. The molecule has 2 rings (SSSR count). The number of likely N-dealkylation sites (N-methyl/N-ethyl adjacent to an activating group) is 1. The Morgan fingerprint density at radius 1 is 1.35 bits per heavy atom. The third-order valence-corrected chi connectivity index (χ3v) is 4.28. The van der Waals surface area contributed by atoms with Crippen molar-refractivity contribution in [3.63, 3.8) is 0 Å². The lowest BCUT2D eigenvalue weighted by molar-refractivity contribution is -0.137. The number of hydrogen-bond acceptors (Lipinski definition) is 3. The number of amides is 1. The zero-order valence-electron chi connectivity index (χ0n) is 13.3. The number of alkyl halides is 3. The number of halogens is 3. The molecule has 0 radical (unpaired) electrons. The van der Waals surface area contributed by atoms with Crippen molar-refractivity contribution < 1.29 is 18.0 Å². The molecule has 7 heteroatoms. The molecule has 1 fully saturated rings. The molecule has 0 aromatic heterocycles. The number of benzene rings is 1. The van der Waals surface area contributed by atoms with E-state index in [9.17, 15) is 18.0 Å². The second kappa shape index (κ2) is 7.31. The lowest BCUT2D eigenvalue weighted by Gasteiger charge is -2.36. The van der Waals surface area contributed by atoms with E-state index < -0.39 is 23.7 Å². The number of rotatable bonds is 4. The van der Waals surface area contributed by atoms with Crippen LogP contribution in [0.3, 0.4) is 0 Å². The molecule has 0 spiro atoms. The summed E-state index contributed by atoms with van der Waals surface area (Å²) >= 11 is 0. The van der Waals surface area contributed by atoms with E-state index in [1.54, 1.807) is 6.92 Å². The van der Waals surface area contributed by atoms with Crippen LogP contribution in [0.1, 0.15) is 25.3 Å². The molecule has 2 atom stereocenters. The Hall–Kier alpha value is -1.60. The zero-order chi connectivity index (χ0) is 17.0. The smallest absolute Gasteiger partial charge is 0.324 e. The average molecular weight is 329 g/mol. The normalized spacial score (nSPS) is 21.0. The van der Waals surface area contributed by atoms with Gasteiger partial charge in [-0.2, -0.15) is 13.2 Å². The van der Waals surface area contributed by atoms with Gasteiger partial charge in [0, 0.05) is 12.6 Å². The number of para-hydroxylation sites is 1. The molecule has 1 aromatic carbocycles. The molecule has 0 saturated carbocycles. The lowest BCUT2D eigenvalue weighted by Crippen LogP contribution is -2.51. The van der Waals surface area contributed by atoms with Gasteiger partial charge < -0.3 is 10.6 Å². The highest BCUT2D eigenvalue weighted by atomic mass is 19.4. The summed E-state index contributed by atoms with van der Waals surface area (Å²) in [5.74, 6) is -0.418. The SMILES string of the molecule is CNC1CCCN(C(C)C(=O)Nc2ccccc2C(F)(F)F)C1. The Morgan fingerprint density at radius 2 is 2.04 bits per heavy atom. The lowest BCUT2D eigenvalue weighted by atomic mass is 10.0. The van der Waals surface area contributed by atoms with Crippen molar-refractivity contribution in [1.82, 2.24) is 10.2 Å². The van der Waals surface area contributed by atoms with Gasteiger partial charge >= 0.3 is 6.18 Å². The second-order valence-electron chi connectivity index (χ2n) is 5.83. The maximum absolute atomic E-state index is 13.0. The molecule has 1 aromatic rings. The molecule has 23 heavy (non-hydrogen) atoms. The molecule has 1 aliphatic heterocycles. The Morgan fingerprint density at radius 3 is 2.70 bits per heavy atom. The van der Waals surface area contributed by atoms with Crippen LogP contribution in [0.2, 0.25) is 0 Å². The monoisotopic (exact) mass is 329 g/mol. The first-order valence-electron chi connectivity index (χ1n) is 7.71. The molecular weight excluding hydrogens is 307 g/mol. The molecule has 0 aliphatic carbocycles. The fourth-order valence-corrected chi connectivity index (χ4v) is 2.84. The Bertz CT molecular complexity index is 548. The van der Waals surface area contributed by atoms with E-state index in [1.807, 2.05) is 11.9 Å². The predicted octanol–water partition coefficient (Wildman–Crippen LogP) is 2.72. The van der Waals surface area contributed by atoms with Crippen LogP contribution in [0.25, 0.3) is 0 Å². The first-order valence-corrected chi connectivity index (χ1v) is 7.71. The molecular formula is C16H22F3N3O. The van der Waals surface area contributed by atoms with E-state index in [0.717, 1.165) is 25.5 Å². The predicted molar refractivity (Wildman–Crippen MR) is 83.2 cm³/mol. The van der Waals surface area contributed by atoms with Crippen LogP contribution in [0.15, 0.2) is 24.3 Å². The molecule has 2 N–H and O–H groups in total. The molecule has 128 valence electrons. The molecule has 1 saturated heterocycles. The van der Waals surface area contributed by atoms with Crippen molar-refractivity contribution in [3.05, 3.63) is 29.8 Å². The standard InChI is InChI=1S/C16H22F3N3O/c1-11(22-9-5-6-12(10-22)20-2)15(23)21-14-8-4-3-7-13(14)16(17,18)19/h3-4,7-8,11-12,20H,5-6,9-10H2,1-2H3,(H,21,23). The number of carbonyl (C=O) groups is 1. The van der Waals surface area contributed by atoms with Crippen molar-refractivity contribution in [3.8, 4) is 0 Å². The minimum atomic E-state index is -4.49. The summed E-state index contributed by atoms with van der Waals surface area (Å²) in [7, 11) is 1.87. The zero-order valence-corrected chi connectivity index (χ0v) is 13.3. The van der Waals surface area contributed by atoms with Crippen molar-refractivity contribution in [1.29, 1.82) is 0 Å². The van der Waals surface area contributed by atoms with Gasteiger partial charge in [0.15, 0.2) is 0 Å². The molecule has 1 amide bonds. The number of likely N-dealkylation sites (tertiary alicyclic amines) is 1. The number of nitrogens with zero attached hydrogens (tertiary/aromatic N) is 1. The highest BCUT2D eigenvalue weighted by Gasteiger charge is 2.34. The quantitative estimate of drug-likeness (QED) is 0.893. The Labute approximate surface area is 134 Å². The van der Waals surface area contributed by atoms with Crippen LogP contribution < -0.4 is 10.6 Å². The number of hydrogen-bond donors (Lipinski definition) is 2. The fourth-order valence-electron chi connectivity index (χ4n) is 2.84. The van der Waals surface area contributed by atoms with Crippen molar-refractivity contribution >= 4 is 11.6 Å². The van der Waals surface area contributed by atoms with Gasteiger partial charge in [-0.15, -0.1) is 0 Å². The second-order valence-corrected chi connectivity index (χ2v) is 5.83. The minimum Gasteiger partial charge on any atom is -0.324 e. The van der Waals surface area contributed by atoms with Crippen LogP contribution >= 0.6 is 0 Å².